The van der Waals surface area contributed by atoms with Gasteiger partial charge >= 0.3 is 0 Å². The second kappa shape index (κ2) is 6.50. The van der Waals surface area contributed by atoms with E-state index in [1.54, 1.807) is 22.0 Å². The van der Waals surface area contributed by atoms with Crippen molar-refractivity contribution < 1.29 is 9.90 Å². The van der Waals surface area contributed by atoms with Gasteiger partial charge < -0.3 is 10.0 Å². The Hall–Kier alpha value is -2.21. The van der Waals surface area contributed by atoms with E-state index in [9.17, 15) is 9.90 Å². The van der Waals surface area contributed by atoms with Gasteiger partial charge in [0.15, 0.2) is 0 Å². The predicted molar refractivity (Wildman–Crippen MR) is 85.7 cm³/mol. The van der Waals surface area contributed by atoms with E-state index in [2.05, 4.69) is 10.1 Å². The molecule has 0 radical (unpaired) electrons. The number of nitrogens with zero attached hydrogens (tertiary/aromatic N) is 4. The summed E-state index contributed by atoms with van der Waals surface area (Å²) in [6.45, 7) is 5.07. The summed E-state index contributed by atoms with van der Waals surface area (Å²) in [4.78, 5) is 18.2. The molecule has 0 spiro atoms. The maximum absolute atomic E-state index is 12.5. The molecule has 0 bridgehead atoms. The molecule has 0 aromatic carbocycles. The van der Waals surface area contributed by atoms with Crippen LogP contribution in [0.3, 0.4) is 0 Å². The minimum absolute atomic E-state index is 0.00692. The maximum Gasteiger partial charge on any atom is 0.244 e. The van der Waals surface area contributed by atoms with Crippen LogP contribution in [0.5, 0.6) is 0 Å². The zero-order valence-electron chi connectivity index (χ0n) is 13.5. The summed E-state index contributed by atoms with van der Waals surface area (Å²) in [7, 11) is 0. The van der Waals surface area contributed by atoms with E-state index in [1.807, 2.05) is 32.0 Å². The second-order valence-corrected chi connectivity index (χ2v) is 6.27. The van der Waals surface area contributed by atoms with E-state index in [1.165, 1.54) is 0 Å². The fraction of sp³-hybridized carbons (Fsp3) is 0.471. The van der Waals surface area contributed by atoms with Crippen LogP contribution in [0.4, 0.5) is 0 Å². The Morgan fingerprint density at radius 2 is 2.04 bits per heavy atom. The van der Waals surface area contributed by atoms with E-state index in [4.69, 9.17) is 0 Å². The molecule has 6 nitrogen and oxygen atoms in total. The summed E-state index contributed by atoms with van der Waals surface area (Å²) < 4.78 is 1.72. The molecule has 3 heterocycles. The second-order valence-electron chi connectivity index (χ2n) is 6.27. The number of pyridine rings is 1. The van der Waals surface area contributed by atoms with E-state index < -0.39 is 6.10 Å². The van der Waals surface area contributed by atoms with Crippen molar-refractivity contribution >= 4 is 5.91 Å². The number of hydrogen-bond acceptors (Lipinski definition) is 4. The Bertz CT molecular complexity index is 683. The lowest BCUT2D eigenvalue weighted by molar-refractivity contribution is -0.131. The standard InChI is InChI=1S/C17H22N4O2/c1-12-7-13(2)21(19-12)11-17(23)20-9-15(16(22)10-20)8-14-3-5-18-6-4-14/h3-7,15-16,22H,8-11H2,1-2H3/t15-,16-/m1/s1. The molecule has 1 amide bonds. The molecule has 122 valence electrons. The largest absolute Gasteiger partial charge is 0.391 e. The minimum Gasteiger partial charge on any atom is -0.391 e. The Balaban J connectivity index is 1.61. The zero-order valence-corrected chi connectivity index (χ0v) is 13.5. The third kappa shape index (κ3) is 3.59. The quantitative estimate of drug-likeness (QED) is 0.912. The Kier molecular flexibility index (Phi) is 4.43. The van der Waals surface area contributed by atoms with E-state index >= 15 is 0 Å². The summed E-state index contributed by atoms with van der Waals surface area (Å²) in [6, 6.07) is 5.86. The van der Waals surface area contributed by atoms with E-state index in [0.29, 0.717) is 13.1 Å². The van der Waals surface area contributed by atoms with Crippen molar-refractivity contribution in [1.29, 1.82) is 0 Å². The molecule has 6 heteroatoms. The van der Waals surface area contributed by atoms with Crippen molar-refractivity contribution in [2.24, 2.45) is 5.92 Å². The summed E-state index contributed by atoms with van der Waals surface area (Å²) in [5, 5.41) is 14.6. The number of aromatic nitrogens is 3. The number of hydrogen-bond donors (Lipinski definition) is 1. The van der Waals surface area contributed by atoms with Crippen LogP contribution in [0, 0.1) is 19.8 Å². The molecular formula is C17H22N4O2. The smallest absolute Gasteiger partial charge is 0.244 e. The van der Waals surface area contributed by atoms with Gasteiger partial charge in [0.25, 0.3) is 0 Å². The minimum atomic E-state index is -0.479. The Morgan fingerprint density at radius 1 is 1.30 bits per heavy atom. The maximum atomic E-state index is 12.5. The van der Waals surface area contributed by atoms with Gasteiger partial charge in [0.05, 0.1) is 11.8 Å². The van der Waals surface area contributed by atoms with Gasteiger partial charge in [0.2, 0.25) is 5.91 Å². The van der Waals surface area contributed by atoms with Gasteiger partial charge in [-0.2, -0.15) is 5.10 Å². The normalized spacial score (nSPS) is 20.9. The number of carbonyl (C=O) groups excluding carboxylic acids is 1. The molecular weight excluding hydrogens is 292 g/mol. The fourth-order valence-corrected chi connectivity index (χ4v) is 3.14. The highest BCUT2D eigenvalue weighted by molar-refractivity contribution is 5.76. The lowest BCUT2D eigenvalue weighted by Crippen LogP contribution is -2.33. The first kappa shape index (κ1) is 15.7. The highest BCUT2D eigenvalue weighted by Gasteiger charge is 2.34. The number of β-amino-alcohol motifs (C(OH)–C–C–N with tert-alkyl or cyclic N) is 1. The van der Waals surface area contributed by atoms with Crippen molar-refractivity contribution in [3.8, 4) is 0 Å². The van der Waals surface area contributed by atoms with Gasteiger partial charge in [-0.1, -0.05) is 0 Å². The molecule has 2 atom stereocenters. The average molecular weight is 314 g/mol. The first-order valence-corrected chi connectivity index (χ1v) is 7.88. The molecule has 23 heavy (non-hydrogen) atoms. The topological polar surface area (TPSA) is 71.2 Å². The van der Waals surface area contributed by atoms with Gasteiger partial charge in [-0.15, -0.1) is 0 Å². The number of aryl methyl sites for hydroxylation is 2. The number of amides is 1. The SMILES string of the molecule is Cc1cc(C)n(CC(=O)N2C[C@@H](Cc3ccncc3)[C@H](O)C2)n1. The van der Waals surface area contributed by atoms with Crippen LogP contribution in [0.1, 0.15) is 17.0 Å². The van der Waals surface area contributed by atoms with Crippen LogP contribution >= 0.6 is 0 Å². The van der Waals surface area contributed by atoms with Crippen LogP contribution in [-0.4, -0.2) is 49.9 Å². The average Bonchev–Trinajstić information content (AvgIpc) is 3.03. The Labute approximate surface area is 135 Å². The van der Waals surface area contributed by atoms with Crippen molar-refractivity contribution in [3.05, 3.63) is 47.5 Å². The van der Waals surface area contributed by atoms with Crippen molar-refractivity contribution in [3.63, 3.8) is 0 Å². The molecule has 0 saturated carbocycles. The lowest BCUT2D eigenvalue weighted by atomic mass is 9.97. The van der Waals surface area contributed by atoms with Gasteiger partial charge in [-0.05, 0) is 44.0 Å². The lowest BCUT2D eigenvalue weighted by Gasteiger charge is -2.16. The highest BCUT2D eigenvalue weighted by Crippen LogP contribution is 2.21. The molecule has 2 aromatic heterocycles. The molecule has 1 N–H and O–H groups in total. The third-order valence-electron chi connectivity index (χ3n) is 4.39. The van der Waals surface area contributed by atoms with Crippen LogP contribution < -0.4 is 0 Å². The molecule has 0 aliphatic carbocycles. The monoisotopic (exact) mass is 314 g/mol. The van der Waals surface area contributed by atoms with Gasteiger partial charge in [-0.25, -0.2) is 0 Å². The molecule has 1 saturated heterocycles. The first-order valence-electron chi connectivity index (χ1n) is 7.88. The van der Waals surface area contributed by atoms with Crippen molar-refractivity contribution in [2.45, 2.75) is 32.9 Å². The van der Waals surface area contributed by atoms with E-state index in [-0.39, 0.29) is 18.4 Å². The summed E-state index contributed by atoms with van der Waals surface area (Å²) in [5.41, 5.74) is 3.02. The van der Waals surface area contributed by atoms with Crippen LogP contribution in [0.25, 0.3) is 0 Å². The van der Waals surface area contributed by atoms with Gasteiger partial charge in [0.1, 0.15) is 6.54 Å². The molecule has 2 aromatic rings. The number of aliphatic hydroxyl groups is 1. The van der Waals surface area contributed by atoms with Crippen LogP contribution in [0.15, 0.2) is 30.6 Å². The van der Waals surface area contributed by atoms with Crippen LogP contribution in [0.2, 0.25) is 0 Å². The molecule has 1 fully saturated rings. The summed E-state index contributed by atoms with van der Waals surface area (Å²) >= 11 is 0. The van der Waals surface area contributed by atoms with Crippen molar-refractivity contribution in [2.75, 3.05) is 13.1 Å². The summed E-state index contributed by atoms with van der Waals surface area (Å²) in [6.07, 6.45) is 3.78. The molecule has 1 aliphatic heterocycles. The molecule has 3 rings (SSSR count). The van der Waals surface area contributed by atoms with E-state index in [0.717, 1.165) is 23.4 Å². The zero-order chi connectivity index (χ0) is 16.4. The third-order valence-corrected chi connectivity index (χ3v) is 4.39. The molecule has 0 unspecified atom stereocenters. The molecule has 1 aliphatic rings. The van der Waals surface area contributed by atoms with Crippen molar-refractivity contribution in [1.82, 2.24) is 19.7 Å². The summed E-state index contributed by atoms with van der Waals surface area (Å²) in [5.74, 6) is 0.0780. The predicted octanol–water partition coefficient (Wildman–Crippen LogP) is 0.957. The number of carbonyl (C=O) groups is 1. The number of likely N-dealkylation sites (tertiary alicyclic amines) is 1. The number of rotatable bonds is 4. The highest BCUT2D eigenvalue weighted by atomic mass is 16.3. The Morgan fingerprint density at radius 3 is 2.70 bits per heavy atom. The van der Waals surface area contributed by atoms with Crippen LogP contribution in [-0.2, 0) is 17.8 Å². The van der Waals surface area contributed by atoms with Gasteiger partial charge in [-0.3, -0.25) is 14.5 Å². The first-order chi connectivity index (χ1) is 11.0. The number of aliphatic hydroxyl groups excluding tert-OH is 1. The van der Waals surface area contributed by atoms with Gasteiger partial charge in [0, 0.05) is 37.1 Å². The fourth-order valence-electron chi connectivity index (χ4n) is 3.14.